The molecule has 0 unspecified atom stereocenters. The molecule has 0 aliphatic carbocycles. The highest BCUT2D eigenvalue weighted by Crippen LogP contribution is 2.29. The van der Waals surface area contributed by atoms with Crippen LogP contribution in [0.5, 0.6) is 11.5 Å². The predicted octanol–water partition coefficient (Wildman–Crippen LogP) is 2.91. The second-order valence-corrected chi connectivity index (χ2v) is 5.25. The first-order valence-electron chi connectivity index (χ1n) is 6.51. The number of hydrogen-bond donors (Lipinski definition) is 1. The van der Waals surface area contributed by atoms with Crippen LogP contribution in [0.1, 0.15) is 38.8 Å². The topological polar surface area (TPSA) is 53.7 Å². The van der Waals surface area contributed by atoms with E-state index in [0.29, 0.717) is 6.61 Å². The fourth-order valence-electron chi connectivity index (χ4n) is 1.65. The summed E-state index contributed by atoms with van der Waals surface area (Å²) in [5.41, 5.74) is 6.74. The summed E-state index contributed by atoms with van der Waals surface area (Å²) in [6.45, 7) is 6.59. The van der Waals surface area contributed by atoms with Crippen molar-refractivity contribution in [3.05, 3.63) is 23.8 Å². The minimum atomic E-state index is -0.187. The average molecular weight is 267 g/mol. The Morgan fingerprint density at radius 3 is 2.47 bits per heavy atom. The van der Waals surface area contributed by atoms with Gasteiger partial charge in [-0.15, -0.1) is 0 Å². The molecule has 0 radical (unpaired) electrons. The highest BCUT2D eigenvalue weighted by molar-refractivity contribution is 5.42. The van der Waals surface area contributed by atoms with E-state index in [9.17, 15) is 0 Å². The molecule has 4 nitrogen and oxygen atoms in total. The summed E-state index contributed by atoms with van der Waals surface area (Å²) in [4.78, 5) is 0. The van der Waals surface area contributed by atoms with Crippen molar-refractivity contribution in [2.75, 3.05) is 20.8 Å². The van der Waals surface area contributed by atoms with E-state index in [2.05, 4.69) is 0 Å². The molecule has 1 atom stereocenters. The zero-order chi connectivity index (χ0) is 14.5. The molecule has 2 N–H and O–H groups in total. The summed E-state index contributed by atoms with van der Waals surface area (Å²) >= 11 is 0. The molecule has 0 aromatic heterocycles. The first kappa shape index (κ1) is 15.8. The Bertz CT molecular complexity index is 402. The number of benzene rings is 1. The maximum absolute atomic E-state index is 5.94. The Labute approximate surface area is 115 Å². The van der Waals surface area contributed by atoms with Crippen molar-refractivity contribution in [1.82, 2.24) is 0 Å². The molecule has 0 aliphatic rings. The van der Waals surface area contributed by atoms with Crippen LogP contribution in [-0.2, 0) is 4.74 Å². The van der Waals surface area contributed by atoms with Crippen molar-refractivity contribution in [2.45, 2.75) is 38.8 Å². The van der Waals surface area contributed by atoms with Crippen LogP contribution in [0.15, 0.2) is 18.2 Å². The van der Waals surface area contributed by atoms with Crippen LogP contribution in [0.3, 0.4) is 0 Å². The molecular weight excluding hydrogens is 242 g/mol. The Morgan fingerprint density at radius 2 is 1.95 bits per heavy atom. The van der Waals surface area contributed by atoms with E-state index < -0.39 is 0 Å². The molecule has 0 aliphatic heterocycles. The number of methoxy groups -OCH3 is 2. The van der Waals surface area contributed by atoms with E-state index in [1.54, 1.807) is 14.2 Å². The summed E-state index contributed by atoms with van der Waals surface area (Å²) in [5.74, 6) is 1.55. The summed E-state index contributed by atoms with van der Waals surface area (Å²) in [5, 5.41) is 0. The molecule has 108 valence electrons. The average Bonchev–Trinajstić information content (AvgIpc) is 2.38. The minimum Gasteiger partial charge on any atom is -0.497 e. The third-order valence-corrected chi connectivity index (χ3v) is 3.23. The second-order valence-electron chi connectivity index (χ2n) is 5.25. The van der Waals surface area contributed by atoms with E-state index in [0.717, 1.165) is 23.5 Å². The van der Waals surface area contributed by atoms with Crippen LogP contribution in [0.25, 0.3) is 0 Å². The summed E-state index contributed by atoms with van der Waals surface area (Å²) in [7, 11) is 3.34. The SMILES string of the molecule is COc1ccc([C@H](C)N)c(OCCC(C)(C)OC)c1. The van der Waals surface area contributed by atoms with Crippen molar-refractivity contribution in [2.24, 2.45) is 5.73 Å². The van der Waals surface area contributed by atoms with Gasteiger partial charge in [-0.25, -0.2) is 0 Å². The lowest BCUT2D eigenvalue weighted by molar-refractivity contribution is 0.00535. The van der Waals surface area contributed by atoms with E-state index in [1.807, 2.05) is 39.0 Å². The predicted molar refractivity (Wildman–Crippen MR) is 76.8 cm³/mol. The Balaban J connectivity index is 2.75. The van der Waals surface area contributed by atoms with Gasteiger partial charge in [-0.2, -0.15) is 0 Å². The van der Waals surface area contributed by atoms with Gasteiger partial charge >= 0.3 is 0 Å². The minimum absolute atomic E-state index is 0.0728. The van der Waals surface area contributed by atoms with Crippen LogP contribution in [0.2, 0.25) is 0 Å². The Morgan fingerprint density at radius 1 is 1.26 bits per heavy atom. The lowest BCUT2D eigenvalue weighted by Gasteiger charge is -2.23. The number of nitrogens with two attached hydrogens (primary N) is 1. The van der Waals surface area contributed by atoms with Gasteiger partial charge in [0, 0.05) is 31.2 Å². The molecule has 0 bridgehead atoms. The third kappa shape index (κ3) is 4.73. The molecule has 0 heterocycles. The molecule has 1 aromatic rings. The molecular formula is C15H25NO3. The molecule has 0 saturated carbocycles. The van der Waals surface area contributed by atoms with Gasteiger partial charge < -0.3 is 19.9 Å². The standard InChI is InChI=1S/C15H25NO3/c1-11(16)13-7-6-12(17-4)10-14(13)19-9-8-15(2,3)18-5/h6-7,10-11H,8-9,16H2,1-5H3/t11-/m0/s1. The molecule has 0 amide bonds. The second kappa shape index (κ2) is 6.78. The van der Waals surface area contributed by atoms with Crippen molar-refractivity contribution in [1.29, 1.82) is 0 Å². The van der Waals surface area contributed by atoms with Gasteiger partial charge in [-0.05, 0) is 26.8 Å². The smallest absolute Gasteiger partial charge is 0.127 e. The summed E-state index contributed by atoms with van der Waals surface area (Å²) < 4.78 is 16.4. The van der Waals surface area contributed by atoms with Gasteiger partial charge in [0.05, 0.1) is 19.3 Å². The third-order valence-electron chi connectivity index (χ3n) is 3.23. The number of hydrogen-bond acceptors (Lipinski definition) is 4. The summed E-state index contributed by atoms with van der Waals surface area (Å²) in [6.07, 6.45) is 0.805. The fraction of sp³-hybridized carbons (Fsp3) is 0.600. The Kier molecular flexibility index (Phi) is 5.63. The zero-order valence-electron chi connectivity index (χ0n) is 12.5. The van der Waals surface area contributed by atoms with E-state index in [4.69, 9.17) is 19.9 Å². The van der Waals surface area contributed by atoms with Gasteiger partial charge in [-0.3, -0.25) is 0 Å². The first-order valence-corrected chi connectivity index (χ1v) is 6.51. The largest absolute Gasteiger partial charge is 0.497 e. The van der Waals surface area contributed by atoms with Crippen molar-refractivity contribution in [3.63, 3.8) is 0 Å². The van der Waals surface area contributed by atoms with Gasteiger partial charge in [0.25, 0.3) is 0 Å². The molecule has 0 spiro atoms. The molecule has 1 aromatic carbocycles. The van der Waals surface area contributed by atoms with Crippen molar-refractivity contribution < 1.29 is 14.2 Å². The molecule has 4 heteroatoms. The number of rotatable bonds is 7. The van der Waals surface area contributed by atoms with Crippen LogP contribution >= 0.6 is 0 Å². The van der Waals surface area contributed by atoms with E-state index in [1.165, 1.54) is 0 Å². The van der Waals surface area contributed by atoms with Crippen molar-refractivity contribution in [3.8, 4) is 11.5 Å². The van der Waals surface area contributed by atoms with E-state index >= 15 is 0 Å². The number of ether oxygens (including phenoxy) is 3. The lowest BCUT2D eigenvalue weighted by atomic mass is 10.1. The molecule has 0 fully saturated rings. The maximum atomic E-state index is 5.94. The quantitative estimate of drug-likeness (QED) is 0.825. The molecule has 0 saturated heterocycles. The van der Waals surface area contributed by atoms with Gasteiger partial charge in [0.2, 0.25) is 0 Å². The molecule has 1 rings (SSSR count). The maximum Gasteiger partial charge on any atom is 0.127 e. The van der Waals surface area contributed by atoms with Crippen LogP contribution in [-0.4, -0.2) is 26.4 Å². The first-order chi connectivity index (χ1) is 8.89. The fourth-order valence-corrected chi connectivity index (χ4v) is 1.65. The lowest BCUT2D eigenvalue weighted by Crippen LogP contribution is -2.25. The van der Waals surface area contributed by atoms with Gasteiger partial charge in [0.15, 0.2) is 0 Å². The molecule has 19 heavy (non-hydrogen) atoms. The van der Waals surface area contributed by atoms with Gasteiger partial charge in [0.1, 0.15) is 11.5 Å². The van der Waals surface area contributed by atoms with Gasteiger partial charge in [-0.1, -0.05) is 6.07 Å². The van der Waals surface area contributed by atoms with Crippen molar-refractivity contribution >= 4 is 0 Å². The normalized spacial score (nSPS) is 13.2. The van der Waals surface area contributed by atoms with E-state index in [-0.39, 0.29) is 11.6 Å². The Hall–Kier alpha value is -1.26. The highest BCUT2D eigenvalue weighted by atomic mass is 16.5. The van der Waals surface area contributed by atoms with Crippen LogP contribution in [0, 0.1) is 0 Å². The summed E-state index contributed by atoms with van der Waals surface area (Å²) in [6, 6.07) is 5.64. The zero-order valence-corrected chi connectivity index (χ0v) is 12.5. The van der Waals surface area contributed by atoms with Crippen LogP contribution in [0.4, 0.5) is 0 Å². The monoisotopic (exact) mass is 267 g/mol. The van der Waals surface area contributed by atoms with Crippen LogP contribution < -0.4 is 15.2 Å². The highest BCUT2D eigenvalue weighted by Gasteiger charge is 2.17.